The fourth-order valence-corrected chi connectivity index (χ4v) is 0.960. The van der Waals surface area contributed by atoms with E-state index in [9.17, 15) is 4.39 Å². The molecule has 1 unspecified atom stereocenters. The van der Waals surface area contributed by atoms with Gasteiger partial charge < -0.3 is 10.5 Å². The Morgan fingerprint density at radius 1 is 1.50 bits per heavy atom. The van der Waals surface area contributed by atoms with Crippen molar-refractivity contribution in [2.75, 3.05) is 7.11 Å². The van der Waals surface area contributed by atoms with Crippen molar-refractivity contribution >= 4 is 0 Å². The standard InChI is InChI=1S/C9H12FNO/c1-6(11)7-3-4-8(10)9(5-7)12-2/h3-6H,11H2,1-2H3. The van der Waals surface area contributed by atoms with E-state index >= 15 is 0 Å². The molecule has 0 saturated carbocycles. The Balaban J connectivity index is 3.05. The van der Waals surface area contributed by atoms with Crippen LogP contribution in [0.1, 0.15) is 18.5 Å². The first-order chi connectivity index (χ1) is 5.65. The molecule has 0 aliphatic rings. The van der Waals surface area contributed by atoms with Crippen molar-refractivity contribution in [2.45, 2.75) is 13.0 Å². The van der Waals surface area contributed by atoms with Gasteiger partial charge in [0.25, 0.3) is 0 Å². The van der Waals surface area contributed by atoms with Gasteiger partial charge >= 0.3 is 0 Å². The third kappa shape index (κ3) is 1.74. The van der Waals surface area contributed by atoms with Crippen LogP contribution in [0.4, 0.5) is 4.39 Å². The summed E-state index contributed by atoms with van der Waals surface area (Å²) in [5, 5.41) is 0. The molecule has 1 atom stereocenters. The molecule has 1 aromatic carbocycles. The largest absolute Gasteiger partial charge is 0.494 e. The van der Waals surface area contributed by atoms with Crippen molar-refractivity contribution in [3.05, 3.63) is 29.6 Å². The molecule has 0 saturated heterocycles. The molecule has 0 radical (unpaired) electrons. The van der Waals surface area contributed by atoms with Crippen LogP contribution in [0.5, 0.6) is 5.75 Å². The molecule has 2 nitrogen and oxygen atoms in total. The Labute approximate surface area is 71.1 Å². The van der Waals surface area contributed by atoms with Gasteiger partial charge in [0.05, 0.1) is 7.11 Å². The van der Waals surface area contributed by atoms with Gasteiger partial charge in [-0.3, -0.25) is 0 Å². The van der Waals surface area contributed by atoms with Gasteiger partial charge in [0.15, 0.2) is 11.6 Å². The zero-order valence-electron chi connectivity index (χ0n) is 7.17. The van der Waals surface area contributed by atoms with E-state index in [-0.39, 0.29) is 17.6 Å². The number of hydrogen-bond acceptors (Lipinski definition) is 2. The predicted octanol–water partition coefficient (Wildman–Crippen LogP) is 1.85. The smallest absolute Gasteiger partial charge is 0.165 e. The lowest BCUT2D eigenvalue weighted by molar-refractivity contribution is 0.385. The van der Waals surface area contributed by atoms with Crippen LogP contribution in [0.3, 0.4) is 0 Å². The molecule has 0 bridgehead atoms. The molecule has 0 spiro atoms. The minimum atomic E-state index is -0.359. The number of methoxy groups -OCH3 is 1. The Hall–Kier alpha value is -1.09. The fraction of sp³-hybridized carbons (Fsp3) is 0.333. The van der Waals surface area contributed by atoms with Gasteiger partial charge in [-0.2, -0.15) is 0 Å². The van der Waals surface area contributed by atoms with Crippen LogP contribution in [0.15, 0.2) is 18.2 Å². The van der Waals surface area contributed by atoms with Crippen molar-refractivity contribution in [2.24, 2.45) is 5.73 Å². The lowest BCUT2D eigenvalue weighted by Gasteiger charge is -2.07. The second kappa shape index (κ2) is 3.54. The van der Waals surface area contributed by atoms with Gasteiger partial charge in [0.1, 0.15) is 0 Å². The Morgan fingerprint density at radius 2 is 2.17 bits per heavy atom. The van der Waals surface area contributed by atoms with Crippen molar-refractivity contribution in [1.82, 2.24) is 0 Å². The van der Waals surface area contributed by atoms with Crippen molar-refractivity contribution in [3.63, 3.8) is 0 Å². The van der Waals surface area contributed by atoms with Crippen molar-refractivity contribution in [1.29, 1.82) is 0 Å². The van der Waals surface area contributed by atoms with Crippen molar-refractivity contribution < 1.29 is 9.13 Å². The molecule has 0 aliphatic heterocycles. The number of ether oxygens (including phenoxy) is 1. The summed E-state index contributed by atoms with van der Waals surface area (Å²) in [6.07, 6.45) is 0. The van der Waals surface area contributed by atoms with Crippen molar-refractivity contribution in [3.8, 4) is 5.75 Å². The second-order valence-electron chi connectivity index (χ2n) is 2.68. The fourth-order valence-electron chi connectivity index (χ4n) is 0.960. The Bertz CT molecular complexity index is 273. The van der Waals surface area contributed by atoms with E-state index in [0.29, 0.717) is 0 Å². The number of rotatable bonds is 2. The highest BCUT2D eigenvalue weighted by Gasteiger charge is 2.05. The Morgan fingerprint density at radius 3 is 2.67 bits per heavy atom. The molecule has 3 heteroatoms. The van der Waals surface area contributed by atoms with Gasteiger partial charge in [-0.15, -0.1) is 0 Å². The van der Waals surface area contributed by atoms with E-state index in [1.807, 2.05) is 6.92 Å². The summed E-state index contributed by atoms with van der Waals surface area (Å²) in [5.41, 5.74) is 6.48. The molecule has 1 rings (SSSR count). The molecule has 0 heterocycles. The monoisotopic (exact) mass is 169 g/mol. The highest BCUT2D eigenvalue weighted by Crippen LogP contribution is 2.20. The number of hydrogen-bond donors (Lipinski definition) is 1. The molecule has 0 aliphatic carbocycles. The molecule has 2 N–H and O–H groups in total. The van der Waals surface area contributed by atoms with E-state index in [2.05, 4.69) is 0 Å². The molecule has 0 aromatic heterocycles. The molecule has 0 fully saturated rings. The first-order valence-corrected chi connectivity index (χ1v) is 3.74. The van der Waals surface area contributed by atoms with Crippen LogP contribution >= 0.6 is 0 Å². The number of halogens is 1. The summed E-state index contributed by atoms with van der Waals surface area (Å²) in [5.74, 6) is -0.119. The van der Waals surface area contributed by atoms with Crippen LogP contribution in [-0.4, -0.2) is 7.11 Å². The van der Waals surface area contributed by atoms with Crippen LogP contribution in [0, 0.1) is 5.82 Å². The SMILES string of the molecule is COc1cc(C(C)N)ccc1F. The molecular weight excluding hydrogens is 157 g/mol. The zero-order valence-corrected chi connectivity index (χ0v) is 7.17. The minimum absolute atomic E-state index is 0.0977. The molecule has 1 aromatic rings. The van der Waals surface area contributed by atoms with E-state index < -0.39 is 0 Å². The van der Waals surface area contributed by atoms with Crippen LogP contribution in [-0.2, 0) is 0 Å². The summed E-state index contributed by atoms with van der Waals surface area (Å²) in [4.78, 5) is 0. The van der Waals surface area contributed by atoms with Crippen LogP contribution < -0.4 is 10.5 Å². The molecule has 12 heavy (non-hydrogen) atoms. The summed E-state index contributed by atoms with van der Waals surface area (Å²) < 4.78 is 17.7. The average Bonchev–Trinajstić information content (AvgIpc) is 2.05. The van der Waals surface area contributed by atoms with Gasteiger partial charge in [0.2, 0.25) is 0 Å². The predicted molar refractivity (Wildman–Crippen MR) is 45.6 cm³/mol. The first kappa shape index (κ1) is 9.00. The maximum atomic E-state index is 12.9. The van der Waals surface area contributed by atoms with E-state index in [1.54, 1.807) is 12.1 Å². The van der Waals surface area contributed by atoms with Crippen LogP contribution in [0.2, 0.25) is 0 Å². The second-order valence-corrected chi connectivity index (χ2v) is 2.68. The molecule has 66 valence electrons. The third-order valence-corrected chi connectivity index (χ3v) is 1.70. The number of benzene rings is 1. The molecule has 0 amide bonds. The van der Waals surface area contributed by atoms with Gasteiger partial charge in [0, 0.05) is 6.04 Å². The lowest BCUT2D eigenvalue weighted by atomic mass is 10.1. The topological polar surface area (TPSA) is 35.2 Å². The quantitative estimate of drug-likeness (QED) is 0.733. The van der Waals surface area contributed by atoms with E-state index in [0.717, 1.165) is 5.56 Å². The Kier molecular flexibility index (Phi) is 2.65. The van der Waals surface area contributed by atoms with E-state index in [1.165, 1.54) is 13.2 Å². The lowest BCUT2D eigenvalue weighted by Crippen LogP contribution is -2.05. The highest BCUT2D eigenvalue weighted by molar-refractivity contribution is 5.31. The van der Waals surface area contributed by atoms with Crippen LogP contribution in [0.25, 0.3) is 0 Å². The summed E-state index contributed by atoms with van der Waals surface area (Å²) in [6, 6.07) is 4.53. The zero-order chi connectivity index (χ0) is 9.14. The maximum absolute atomic E-state index is 12.9. The molecular formula is C9H12FNO. The normalized spacial score (nSPS) is 12.7. The third-order valence-electron chi connectivity index (χ3n) is 1.70. The van der Waals surface area contributed by atoms with E-state index in [4.69, 9.17) is 10.5 Å². The number of nitrogens with two attached hydrogens (primary N) is 1. The maximum Gasteiger partial charge on any atom is 0.165 e. The highest BCUT2D eigenvalue weighted by atomic mass is 19.1. The van der Waals surface area contributed by atoms with Gasteiger partial charge in [-0.25, -0.2) is 4.39 Å². The van der Waals surface area contributed by atoms with Gasteiger partial charge in [-0.1, -0.05) is 6.07 Å². The summed E-state index contributed by atoms with van der Waals surface area (Å²) in [6.45, 7) is 1.84. The summed E-state index contributed by atoms with van der Waals surface area (Å²) in [7, 11) is 1.43. The van der Waals surface area contributed by atoms with Gasteiger partial charge in [-0.05, 0) is 24.6 Å². The average molecular weight is 169 g/mol. The first-order valence-electron chi connectivity index (χ1n) is 3.74. The summed E-state index contributed by atoms with van der Waals surface area (Å²) >= 11 is 0. The minimum Gasteiger partial charge on any atom is -0.494 e.